The van der Waals surface area contributed by atoms with Crippen molar-refractivity contribution in [3.05, 3.63) is 34.6 Å². The van der Waals surface area contributed by atoms with E-state index in [4.69, 9.17) is 9.26 Å². The summed E-state index contributed by atoms with van der Waals surface area (Å²) in [4.78, 5) is 16.1. The summed E-state index contributed by atoms with van der Waals surface area (Å²) in [5.74, 6) is 0.522. The Hall–Kier alpha value is -1.69. The lowest BCUT2D eigenvalue weighted by molar-refractivity contribution is -0.144. The molecule has 98 valence electrons. The first-order valence-electron chi connectivity index (χ1n) is 5.84. The molecule has 0 bridgehead atoms. The van der Waals surface area contributed by atoms with Crippen molar-refractivity contribution in [1.82, 2.24) is 10.1 Å². The van der Waals surface area contributed by atoms with Gasteiger partial charge in [-0.15, -0.1) is 0 Å². The highest BCUT2D eigenvalue weighted by molar-refractivity contribution is 9.10. The number of methoxy groups -OCH3 is 1. The second-order valence-corrected chi connectivity index (χ2v) is 5.42. The van der Waals surface area contributed by atoms with Gasteiger partial charge in [0.15, 0.2) is 0 Å². The van der Waals surface area contributed by atoms with Gasteiger partial charge in [0.05, 0.1) is 7.11 Å². The number of carbonyl (C=O) groups is 1. The Morgan fingerprint density at radius 3 is 2.63 bits per heavy atom. The second-order valence-electron chi connectivity index (χ2n) is 4.50. The molecule has 1 aliphatic rings. The summed E-state index contributed by atoms with van der Waals surface area (Å²) in [5.41, 5.74) is 0.133. The predicted octanol–water partition coefficient (Wildman–Crippen LogP) is 2.70. The fourth-order valence-electron chi connectivity index (χ4n) is 1.96. The van der Waals surface area contributed by atoms with Crippen LogP contribution in [0.2, 0.25) is 0 Å². The van der Waals surface area contributed by atoms with E-state index in [1.807, 2.05) is 24.3 Å². The van der Waals surface area contributed by atoms with Crippen LogP contribution in [-0.4, -0.2) is 23.2 Å². The zero-order valence-corrected chi connectivity index (χ0v) is 11.8. The molecule has 1 aromatic heterocycles. The van der Waals surface area contributed by atoms with Crippen LogP contribution in [0.15, 0.2) is 33.3 Å². The van der Waals surface area contributed by atoms with Gasteiger partial charge in [0.2, 0.25) is 11.7 Å². The van der Waals surface area contributed by atoms with Crippen LogP contribution in [-0.2, 0) is 14.9 Å². The lowest BCUT2D eigenvalue weighted by Crippen LogP contribution is -2.22. The molecule has 0 atom stereocenters. The van der Waals surface area contributed by atoms with E-state index in [0.717, 1.165) is 10.0 Å². The average molecular weight is 323 g/mol. The summed E-state index contributed by atoms with van der Waals surface area (Å²) in [6.45, 7) is 0. The molecule has 1 heterocycles. The Bertz CT molecular complexity index is 617. The predicted molar refractivity (Wildman–Crippen MR) is 70.4 cm³/mol. The third-order valence-corrected chi connectivity index (χ3v) is 3.79. The van der Waals surface area contributed by atoms with Crippen LogP contribution >= 0.6 is 15.9 Å². The molecule has 0 saturated heterocycles. The molecule has 1 aromatic carbocycles. The van der Waals surface area contributed by atoms with Gasteiger partial charge in [0, 0.05) is 10.0 Å². The van der Waals surface area contributed by atoms with Crippen LogP contribution in [0.5, 0.6) is 0 Å². The highest BCUT2D eigenvalue weighted by Gasteiger charge is 2.57. The van der Waals surface area contributed by atoms with Crippen LogP contribution in [0.25, 0.3) is 11.4 Å². The number of benzene rings is 1. The molecule has 6 heteroatoms. The molecule has 0 spiro atoms. The fraction of sp³-hybridized carbons (Fsp3) is 0.308. The molecule has 2 aromatic rings. The van der Waals surface area contributed by atoms with E-state index in [9.17, 15) is 4.79 Å². The quantitative estimate of drug-likeness (QED) is 0.813. The van der Waals surface area contributed by atoms with Crippen molar-refractivity contribution in [2.75, 3.05) is 7.11 Å². The van der Waals surface area contributed by atoms with Crippen LogP contribution in [0.3, 0.4) is 0 Å². The Kier molecular flexibility index (Phi) is 2.89. The average Bonchev–Trinajstić information content (AvgIpc) is 3.10. The topological polar surface area (TPSA) is 65.2 Å². The number of hydrogen-bond acceptors (Lipinski definition) is 5. The Labute approximate surface area is 118 Å². The third kappa shape index (κ3) is 2.06. The molecule has 19 heavy (non-hydrogen) atoms. The van der Waals surface area contributed by atoms with Gasteiger partial charge in [-0.2, -0.15) is 4.98 Å². The van der Waals surface area contributed by atoms with Crippen molar-refractivity contribution in [3.63, 3.8) is 0 Å². The lowest BCUT2D eigenvalue weighted by Gasteiger charge is -2.05. The zero-order chi connectivity index (χ0) is 13.5. The Morgan fingerprint density at radius 2 is 2.05 bits per heavy atom. The van der Waals surface area contributed by atoms with Crippen molar-refractivity contribution in [1.29, 1.82) is 0 Å². The molecule has 5 nitrogen and oxygen atoms in total. The number of halogens is 1. The Morgan fingerprint density at radius 1 is 1.37 bits per heavy atom. The highest BCUT2D eigenvalue weighted by atomic mass is 79.9. The zero-order valence-electron chi connectivity index (χ0n) is 10.2. The number of ether oxygens (including phenoxy) is 1. The minimum atomic E-state index is -0.713. The van der Waals surface area contributed by atoms with E-state index in [0.29, 0.717) is 24.6 Å². The molecule has 1 fully saturated rings. The standard InChI is InChI=1S/C13H11BrN2O3/c1-18-12(17)13(6-7-13)11-15-10(16-19-11)8-2-4-9(14)5-3-8/h2-5H,6-7H2,1H3. The normalized spacial score (nSPS) is 16.1. The van der Waals surface area contributed by atoms with Crippen molar-refractivity contribution in [2.45, 2.75) is 18.3 Å². The van der Waals surface area contributed by atoms with Gasteiger partial charge >= 0.3 is 5.97 Å². The van der Waals surface area contributed by atoms with Crippen LogP contribution in [0.1, 0.15) is 18.7 Å². The van der Waals surface area contributed by atoms with Crippen molar-refractivity contribution in [2.24, 2.45) is 0 Å². The number of hydrogen-bond donors (Lipinski definition) is 0. The van der Waals surface area contributed by atoms with E-state index in [1.165, 1.54) is 7.11 Å². The van der Waals surface area contributed by atoms with Gasteiger partial charge in [-0.25, -0.2) is 0 Å². The SMILES string of the molecule is COC(=O)C1(c2nc(-c3ccc(Br)cc3)no2)CC1. The van der Waals surface area contributed by atoms with Crippen LogP contribution in [0.4, 0.5) is 0 Å². The first-order chi connectivity index (χ1) is 9.15. The molecule has 0 unspecified atom stereocenters. The van der Waals surface area contributed by atoms with E-state index in [-0.39, 0.29) is 5.97 Å². The van der Waals surface area contributed by atoms with E-state index in [1.54, 1.807) is 0 Å². The third-order valence-electron chi connectivity index (χ3n) is 3.26. The number of aromatic nitrogens is 2. The monoisotopic (exact) mass is 322 g/mol. The smallest absolute Gasteiger partial charge is 0.321 e. The maximum absolute atomic E-state index is 11.7. The largest absolute Gasteiger partial charge is 0.468 e. The van der Waals surface area contributed by atoms with Crippen LogP contribution < -0.4 is 0 Å². The highest BCUT2D eigenvalue weighted by Crippen LogP contribution is 2.48. The lowest BCUT2D eigenvalue weighted by atomic mass is 10.1. The molecule has 0 aliphatic heterocycles. The summed E-state index contributed by atoms with van der Waals surface area (Å²) in [5, 5.41) is 3.93. The fourth-order valence-corrected chi connectivity index (χ4v) is 2.22. The maximum atomic E-state index is 11.7. The Balaban J connectivity index is 1.92. The van der Waals surface area contributed by atoms with Crippen molar-refractivity contribution >= 4 is 21.9 Å². The van der Waals surface area contributed by atoms with Crippen molar-refractivity contribution < 1.29 is 14.1 Å². The van der Waals surface area contributed by atoms with E-state index >= 15 is 0 Å². The molecular weight excluding hydrogens is 312 g/mol. The number of carbonyl (C=O) groups excluding carboxylic acids is 1. The first-order valence-corrected chi connectivity index (χ1v) is 6.63. The molecule has 0 amide bonds. The molecule has 1 saturated carbocycles. The molecule has 3 rings (SSSR count). The molecular formula is C13H11BrN2O3. The first kappa shape index (κ1) is 12.3. The van der Waals surface area contributed by atoms with Crippen LogP contribution in [0, 0.1) is 0 Å². The summed E-state index contributed by atoms with van der Waals surface area (Å²) < 4.78 is 11.0. The summed E-state index contributed by atoms with van der Waals surface area (Å²) in [6, 6.07) is 7.57. The maximum Gasteiger partial charge on any atom is 0.321 e. The van der Waals surface area contributed by atoms with Gasteiger partial charge in [-0.1, -0.05) is 21.1 Å². The summed E-state index contributed by atoms with van der Waals surface area (Å²) in [7, 11) is 1.37. The summed E-state index contributed by atoms with van der Waals surface area (Å²) in [6.07, 6.45) is 1.39. The van der Waals surface area contributed by atoms with E-state index in [2.05, 4.69) is 26.1 Å². The molecule has 0 N–H and O–H groups in total. The van der Waals surface area contributed by atoms with Gasteiger partial charge in [0.1, 0.15) is 5.41 Å². The van der Waals surface area contributed by atoms with Gasteiger partial charge in [0.25, 0.3) is 0 Å². The van der Waals surface area contributed by atoms with Gasteiger partial charge in [-0.05, 0) is 37.1 Å². The number of esters is 1. The van der Waals surface area contributed by atoms with Gasteiger partial charge < -0.3 is 9.26 Å². The minimum Gasteiger partial charge on any atom is -0.468 e. The minimum absolute atomic E-state index is 0.307. The number of nitrogens with zero attached hydrogens (tertiary/aromatic N) is 2. The van der Waals surface area contributed by atoms with E-state index < -0.39 is 5.41 Å². The second kappa shape index (κ2) is 4.45. The molecule has 0 radical (unpaired) electrons. The van der Waals surface area contributed by atoms with Gasteiger partial charge in [-0.3, -0.25) is 4.79 Å². The number of rotatable bonds is 3. The summed E-state index contributed by atoms with van der Waals surface area (Å²) >= 11 is 3.37. The van der Waals surface area contributed by atoms with Crippen molar-refractivity contribution in [3.8, 4) is 11.4 Å². The molecule has 1 aliphatic carbocycles.